The third-order valence-electron chi connectivity index (χ3n) is 5.34. The van der Waals surface area contributed by atoms with Crippen LogP contribution in [0.1, 0.15) is 24.5 Å². The Morgan fingerprint density at radius 2 is 1.77 bits per heavy atom. The number of unbranched alkanes of at least 4 members (excludes halogenated alkanes) is 1. The summed E-state index contributed by atoms with van der Waals surface area (Å²) in [5, 5.41) is 0. The van der Waals surface area contributed by atoms with Gasteiger partial charge in [0.1, 0.15) is 13.2 Å². The first-order chi connectivity index (χ1) is 14.6. The number of hydrogen-bond acceptors (Lipinski definition) is 6. The van der Waals surface area contributed by atoms with Gasteiger partial charge in [0, 0.05) is 25.7 Å². The minimum Gasteiger partial charge on any atom is -0.486 e. The van der Waals surface area contributed by atoms with Crippen molar-refractivity contribution in [3.63, 3.8) is 0 Å². The first-order valence-electron chi connectivity index (χ1n) is 10.4. The molecule has 0 spiro atoms. The number of rotatable bonds is 8. The van der Waals surface area contributed by atoms with E-state index in [-0.39, 0.29) is 11.0 Å². The minimum atomic E-state index is -3.56. The van der Waals surface area contributed by atoms with E-state index >= 15 is 0 Å². The van der Waals surface area contributed by atoms with E-state index in [0.29, 0.717) is 31.3 Å². The molecule has 0 radical (unpaired) electrons. The number of fused-ring (bicyclic) bond motifs is 1. The molecule has 2 aromatic carbocycles. The van der Waals surface area contributed by atoms with Crippen molar-refractivity contribution in [3.05, 3.63) is 54.1 Å². The molecular weight excluding hydrogens is 404 g/mol. The predicted octanol–water partition coefficient (Wildman–Crippen LogP) is 2.59. The van der Waals surface area contributed by atoms with Crippen LogP contribution >= 0.6 is 0 Å². The van der Waals surface area contributed by atoms with Gasteiger partial charge in [-0.05, 0) is 37.1 Å². The molecule has 2 aliphatic heterocycles. The van der Waals surface area contributed by atoms with Gasteiger partial charge in [0.15, 0.2) is 11.5 Å². The highest BCUT2D eigenvalue weighted by Gasteiger charge is 2.22. The van der Waals surface area contributed by atoms with Crippen LogP contribution in [0.15, 0.2) is 53.4 Å². The molecule has 1 atom stereocenters. The average Bonchev–Trinajstić information content (AvgIpc) is 2.79. The van der Waals surface area contributed by atoms with Gasteiger partial charge in [-0.3, -0.25) is 4.90 Å². The van der Waals surface area contributed by atoms with E-state index in [1.807, 2.05) is 18.2 Å². The van der Waals surface area contributed by atoms with Crippen LogP contribution in [0.2, 0.25) is 0 Å². The van der Waals surface area contributed by atoms with Gasteiger partial charge in [-0.25, -0.2) is 13.1 Å². The zero-order valence-electron chi connectivity index (χ0n) is 17.0. The summed E-state index contributed by atoms with van der Waals surface area (Å²) in [6.07, 6.45) is 1.80. The summed E-state index contributed by atoms with van der Waals surface area (Å²) in [6.45, 7) is 4.74. The molecule has 2 heterocycles. The molecule has 4 rings (SSSR count). The van der Waals surface area contributed by atoms with E-state index in [4.69, 9.17) is 14.2 Å². The number of ether oxygens (including phenoxy) is 3. The smallest absolute Gasteiger partial charge is 0.240 e. The fourth-order valence-corrected chi connectivity index (χ4v) is 4.81. The molecule has 2 aliphatic rings. The monoisotopic (exact) mass is 432 g/mol. The van der Waals surface area contributed by atoms with Crippen molar-refractivity contribution in [2.24, 2.45) is 0 Å². The molecule has 1 saturated heterocycles. The van der Waals surface area contributed by atoms with E-state index in [1.165, 1.54) is 11.6 Å². The highest BCUT2D eigenvalue weighted by atomic mass is 32.2. The second-order valence-corrected chi connectivity index (χ2v) is 9.25. The van der Waals surface area contributed by atoms with E-state index < -0.39 is 10.0 Å². The van der Waals surface area contributed by atoms with E-state index in [0.717, 1.165) is 39.1 Å². The summed E-state index contributed by atoms with van der Waals surface area (Å²) in [6, 6.07) is 15.0. The molecule has 162 valence electrons. The first kappa shape index (κ1) is 21.1. The normalized spacial score (nSPS) is 19.5. The lowest BCUT2D eigenvalue weighted by Crippen LogP contribution is -2.39. The maximum atomic E-state index is 12.5. The molecule has 8 heteroatoms. The SMILES string of the molecule is O=S(=O)(NCCCCN1CCOC(c2ccccc2)C1)c1ccc2c(c1)OCCO2. The standard InChI is InChI=1S/C22H28N2O5S/c25-30(26,19-8-9-20-21(16-19)29-15-14-28-20)23-10-4-5-11-24-12-13-27-22(17-24)18-6-2-1-3-7-18/h1-3,6-9,16,22-23H,4-5,10-15,17H2. The Hall–Kier alpha value is -2.13. The number of benzene rings is 2. The summed E-state index contributed by atoms with van der Waals surface area (Å²) in [5.41, 5.74) is 1.20. The van der Waals surface area contributed by atoms with Crippen LogP contribution in [0.25, 0.3) is 0 Å². The first-order valence-corrected chi connectivity index (χ1v) is 11.9. The van der Waals surface area contributed by atoms with Gasteiger partial charge in [-0.1, -0.05) is 30.3 Å². The minimum absolute atomic E-state index is 0.105. The van der Waals surface area contributed by atoms with Crippen molar-refractivity contribution in [3.8, 4) is 11.5 Å². The molecule has 30 heavy (non-hydrogen) atoms. The van der Waals surface area contributed by atoms with Crippen molar-refractivity contribution in [2.75, 3.05) is 46.0 Å². The zero-order valence-corrected chi connectivity index (χ0v) is 17.8. The van der Waals surface area contributed by atoms with Gasteiger partial charge in [-0.2, -0.15) is 0 Å². The molecule has 0 amide bonds. The van der Waals surface area contributed by atoms with Crippen molar-refractivity contribution in [2.45, 2.75) is 23.8 Å². The molecular formula is C22H28N2O5S. The second kappa shape index (κ2) is 9.78. The third kappa shape index (κ3) is 5.31. The molecule has 1 unspecified atom stereocenters. The van der Waals surface area contributed by atoms with Gasteiger partial charge < -0.3 is 14.2 Å². The molecule has 0 aromatic heterocycles. The molecule has 2 aromatic rings. The van der Waals surface area contributed by atoms with Gasteiger partial charge in [0.2, 0.25) is 10.0 Å². The lowest BCUT2D eigenvalue weighted by molar-refractivity contribution is -0.0303. The van der Waals surface area contributed by atoms with Crippen LogP contribution in [0.4, 0.5) is 0 Å². The second-order valence-electron chi connectivity index (χ2n) is 7.48. The molecule has 1 fully saturated rings. The Labute approximate surface area is 178 Å². The summed E-state index contributed by atoms with van der Waals surface area (Å²) < 4.78 is 44.6. The third-order valence-corrected chi connectivity index (χ3v) is 6.80. The number of nitrogens with zero attached hydrogens (tertiary/aromatic N) is 1. The zero-order chi connectivity index (χ0) is 20.8. The van der Waals surface area contributed by atoms with Gasteiger partial charge in [0.05, 0.1) is 17.6 Å². The largest absolute Gasteiger partial charge is 0.486 e. The van der Waals surface area contributed by atoms with Crippen molar-refractivity contribution in [1.82, 2.24) is 9.62 Å². The highest BCUT2D eigenvalue weighted by molar-refractivity contribution is 7.89. The Morgan fingerprint density at radius 1 is 0.967 bits per heavy atom. The lowest BCUT2D eigenvalue weighted by Gasteiger charge is -2.33. The van der Waals surface area contributed by atoms with Crippen molar-refractivity contribution >= 4 is 10.0 Å². The van der Waals surface area contributed by atoms with Crippen LogP contribution in [0, 0.1) is 0 Å². The summed E-state index contributed by atoms with van der Waals surface area (Å²) in [4.78, 5) is 2.59. The number of hydrogen-bond donors (Lipinski definition) is 1. The Kier molecular flexibility index (Phi) is 6.89. The van der Waals surface area contributed by atoms with Crippen LogP contribution < -0.4 is 14.2 Å². The van der Waals surface area contributed by atoms with Crippen molar-refractivity contribution < 1.29 is 22.6 Å². The summed E-state index contributed by atoms with van der Waals surface area (Å²) >= 11 is 0. The highest BCUT2D eigenvalue weighted by Crippen LogP contribution is 2.32. The van der Waals surface area contributed by atoms with Crippen LogP contribution in [0.3, 0.4) is 0 Å². The van der Waals surface area contributed by atoms with Crippen LogP contribution in [-0.4, -0.2) is 59.3 Å². The fourth-order valence-electron chi connectivity index (χ4n) is 3.72. The van der Waals surface area contributed by atoms with Gasteiger partial charge in [-0.15, -0.1) is 0 Å². The molecule has 1 N–H and O–H groups in total. The summed E-state index contributed by atoms with van der Waals surface area (Å²) in [5.74, 6) is 1.06. The average molecular weight is 433 g/mol. The maximum Gasteiger partial charge on any atom is 0.240 e. The molecule has 0 aliphatic carbocycles. The van der Waals surface area contributed by atoms with Gasteiger partial charge >= 0.3 is 0 Å². The summed E-state index contributed by atoms with van der Waals surface area (Å²) in [7, 11) is -3.56. The van der Waals surface area contributed by atoms with Crippen LogP contribution in [-0.2, 0) is 14.8 Å². The lowest BCUT2D eigenvalue weighted by atomic mass is 10.1. The Morgan fingerprint density at radius 3 is 2.60 bits per heavy atom. The maximum absolute atomic E-state index is 12.5. The van der Waals surface area contributed by atoms with Gasteiger partial charge in [0.25, 0.3) is 0 Å². The van der Waals surface area contributed by atoms with E-state index in [2.05, 4.69) is 21.8 Å². The molecule has 0 bridgehead atoms. The topological polar surface area (TPSA) is 77.1 Å². The molecule has 7 nitrogen and oxygen atoms in total. The van der Waals surface area contributed by atoms with Crippen LogP contribution in [0.5, 0.6) is 11.5 Å². The predicted molar refractivity (Wildman–Crippen MR) is 113 cm³/mol. The number of sulfonamides is 1. The molecule has 0 saturated carbocycles. The number of morpholine rings is 1. The number of nitrogens with one attached hydrogen (secondary N) is 1. The van der Waals surface area contributed by atoms with E-state index in [9.17, 15) is 8.42 Å². The quantitative estimate of drug-likeness (QED) is 0.646. The Balaban J connectivity index is 1.21. The van der Waals surface area contributed by atoms with Crippen molar-refractivity contribution in [1.29, 1.82) is 0 Å². The van der Waals surface area contributed by atoms with E-state index in [1.54, 1.807) is 12.1 Å². The Bertz CT molecular complexity index is 936. The fraction of sp³-hybridized carbons (Fsp3) is 0.455.